The van der Waals surface area contributed by atoms with Crippen LogP contribution in [0.5, 0.6) is 0 Å². The molecule has 0 aromatic carbocycles. The number of hydrogen-bond acceptors (Lipinski definition) is 7. The first-order valence-corrected chi connectivity index (χ1v) is 9.21. The van der Waals surface area contributed by atoms with Gasteiger partial charge in [-0.2, -0.15) is 0 Å². The molecule has 130 valence electrons. The van der Waals surface area contributed by atoms with Gasteiger partial charge in [0.1, 0.15) is 5.69 Å². The number of rotatable bonds is 6. The van der Waals surface area contributed by atoms with Crippen LogP contribution in [0.3, 0.4) is 0 Å². The van der Waals surface area contributed by atoms with E-state index in [-0.39, 0.29) is 0 Å². The van der Waals surface area contributed by atoms with E-state index in [2.05, 4.69) is 45.1 Å². The molecular formula is C18H21N5OS. The highest BCUT2D eigenvalue weighted by Crippen LogP contribution is 2.27. The molecule has 4 heterocycles. The Bertz CT molecular complexity index is 810. The van der Waals surface area contributed by atoms with Crippen molar-refractivity contribution >= 4 is 11.3 Å². The van der Waals surface area contributed by atoms with Crippen molar-refractivity contribution in [1.29, 1.82) is 0 Å². The van der Waals surface area contributed by atoms with Crippen LogP contribution in [0.2, 0.25) is 0 Å². The lowest BCUT2D eigenvalue weighted by molar-refractivity contribution is 0.268. The van der Waals surface area contributed by atoms with Crippen LogP contribution >= 0.6 is 11.3 Å². The van der Waals surface area contributed by atoms with Gasteiger partial charge in [-0.05, 0) is 37.7 Å². The third-order valence-corrected chi connectivity index (χ3v) is 5.41. The maximum Gasteiger partial charge on any atom is 0.151 e. The van der Waals surface area contributed by atoms with Gasteiger partial charge in [-0.25, -0.2) is 5.43 Å². The van der Waals surface area contributed by atoms with Crippen molar-refractivity contribution in [2.45, 2.75) is 25.6 Å². The number of hydrogen-bond donors (Lipinski definition) is 2. The molecule has 0 bridgehead atoms. The lowest BCUT2D eigenvalue weighted by Crippen LogP contribution is -2.24. The van der Waals surface area contributed by atoms with Crippen molar-refractivity contribution in [2.75, 3.05) is 13.6 Å². The van der Waals surface area contributed by atoms with Crippen molar-refractivity contribution in [2.24, 2.45) is 0 Å². The van der Waals surface area contributed by atoms with E-state index >= 15 is 0 Å². The van der Waals surface area contributed by atoms with Gasteiger partial charge in [0.25, 0.3) is 0 Å². The fourth-order valence-corrected chi connectivity index (χ4v) is 4.17. The highest BCUT2D eigenvalue weighted by atomic mass is 32.1. The molecule has 0 radical (unpaired) electrons. The summed E-state index contributed by atoms with van der Waals surface area (Å²) in [6.07, 6.45) is 4.69. The van der Waals surface area contributed by atoms with Gasteiger partial charge >= 0.3 is 0 Å². The Hall–Kier alpha value is -2.06. The van der Waals surface area contributed by atoms with E-state index < -0.39 is 0 Å². The predicted molar refractivity (Wildman–Crippen MR) is 97.7 cm³/mol. The minimum absolute atomic E-state index is 0.445. The fraction of sp³-hybridized carbons (Fsp3) is 0.333. The third kappa shape index (κ3) is 3.96. The lowest BCUT2D eigenvalue weighted by atomic mass is 10.2. The molecule has 4 rings (SSSR count). The van der Waals surface area contributed by atoms with Gasteiger partial charge in [-0.1, -0.05) is 5.16 Å². The van der Waals surface area contributed by atoms with Gasteiger partial charge < -0.3 is 4.52 Å². The topological polar surface area (TPSA) is 66.2 Å². The number of nitrogens with zero attached hydrogens (tertiary/aromatic N) is 3. The highest BCUT2D eigenvalue weighted by Gasteiger charge is 2.18. The van der Waals surface area contributed by atoms with Gasteiger partial charge in [0, 0.05) is 46.9 Å². The molecule has 1 aliphatic heterocycles. The Kier molecular flexibility index (Phi) is 4.89. The van der Waals surface area contributed by atoms with E-state index in [0.29, 0.717) is 6.04 Å². The number of aromatic nitrogens is 2. The third-order valence-electron chi connectivity index (χ3n) is 4.23. The number of pyridine rings is 1. The minimum atomic E-state index is 0.445. The highest BCUT2D eigenvalue weighted by molar-refractivity contribution is 7.12. The number of nitrogens with one attached hydrogen (secondary N) is 2. The van der Waals surface area contributed by atoms with Gasteiger partial charge in [0.15, 0.2) is 5.76 Å². The summed E-state index contributed by atoms with van der Waals surface area (Å²) in [7, 11) is 2.10. The largest absolute Gasteiger partial charge is 0.359 e. The van der Waals surface area contributed by atoms with Crippen molar-refractivity contribution in [3.63, 3.8) is 0 Å². The SMILES string of the molecule is CN(Cc1cc(-c2cccnc2)no1)Cc1ccc(C2CCNN2)s1. The summed E-state index contributed by atoms with van der Waals surface area (Å²) in [6.45, 7) is 2.65. The first-order chi connectivity index (χ1) is 12.3. The zero-order valence-electron chi connectivity index (χ0n) is 14.1. The quantitative estimate of drug-likeness (QED) is 0.709. The normalized spacial score (nSPS) is 17.4. The Morgan fingerprint density at radius 1 is 1.32 bits per heavy atom. The molecule has 0 spiro atoms. The second kappa shape index (κ2) is 7.45. The molecule has 0 amide bonds. The van der Waals surface area contributed by atoms with E-state index in [1.54, 1.807) is 12.4 Å². The molecule has 7 heteroatoms. The van der Waals surface area contributed by atoms with Crippen LogP contribution < -0.4 is 10.9 Å². The van der Waals surface area contributed by atoms with Gasteiger partial charge in [-0.3, -0.25) is 15.3 Å². The van der Waals surface area contributed by atoms with Crippen LogP contribution in [0.15, 0.2) is 47.2 Å². The Balaban J connectivity index is 1.36. The Morgan fingerprint density at radius 3 is 3.08 bits per heavy atom. The molecule has 0 saturated carbocycles. The molecule has 25 heavy (non-hydrogen) atoms. The van der Waals surface area contributed by atoms with Crippen molar-refractivity contribution in [1.82, 2.24) is 25.9 Å². The van der Waals surface area contributed by atoms with E-state index in [4.69, 9.17) is 4.52 Å². The average Bonchev–Trinajstić information content (AvgIpc) is 3.37. The fourth-order valence-electron chi connectivity index (χ4n) is 2.99. The van der Waals surface area contributed by atoms with Gasteiger partial charge in [-0.15, -0.1) is 11.3 Å². The molecule has 6 nitrogen and oxygen atoms in total. The van der Waals surface area contributed by atoms with E-state index in [1.807, 2.05) is 29.5 Å². The maximum atomic E-state index is 5.48. The van der Waals surface area contributed by atoms with Crippen LogP contribution in [0.1, 0.15) is 28.0 Å². The molecule has 1 saturated heterocycles. The van der Waals surface area contributed by atoms with Crippen LogP contribution in [-0.4, -0.2) is 28.6 Å². The molecule has 2 N–H and O–H groups in total. The first-order valence-electron chi connectivity index (χ1n) is 8.39. The minimum Gasteiger partial charge on any atom is -0.359 e. The van der Waals surface area contributed by atoms with E-state index in [0.717, 1.165) is 43.1 Å². The Morgan fingerprint density at radius 2 is 2.28 bits per heavy atom. The predicted octanol–water partition coefficient (Wildman–Crippen LogP) is 2.97. The first kappa shape index (κ1) is 16.4. The van der Waals surface area contributed by atoms with E-state index in [9.17, 15) is 0 Å². The second-order valence-electron chi connectivity index (χ2n) is 6.31. The second-order valence-corrected chi connectivity index (χ2v) is 7.51. The summed E-state index contributed by atoms with van der Waals surface area (Å²) in [5, 5.41) is 4.15. The number of thiophene rings is 1. The molecule has 1 unspecified atom stereocenters. The van der Waals surface area contributed by atoms with Crippen LogP contribution in [-0.2, 0) is 13.1 Å². The van der Waals surface area contributed by atoms with Crippen LogP contribution in [0.4, 0.5) is 0 Å². The average molecular weight is 355 g/mol. The molecule has 0 aliphatic carbocycles. The zero-order chi connectivity index (χ0) is 17.1. The van der Waals surface area contributed by atoms with Gasteiger partial charge in [0.2, 0.25) is 0 Å². The van der Waals surface area contributed by atoms with Crippen molar-refractivity contribution in [3.8, 4) is 11.3 Å². The zero-order valence-corrected chi connectivity index (χ0v) is 14.9. The summed E-state index contributed by atoms with van der Waals surface area (Å²) in [4.78, 5) is 9.12. The Labute approximate surface area is 150 Å². The standard InChI is InChI=1S/C18H21N5OS/c1-23(12-15-4-5-18(25-15)16-6-8-20-21-16)11-14-9-17(22-24-14)13-3-2-7-19-10-13/h2-5,7,9-10,16,20-21H,6,8,11-12H2,1H3. The lowest BCUT2D eigenvalue weighted by Gasteiger charge is -2.13. The van der Waals surface area contributed by atoms with Gasteiger partial charge in [0.05, 0.1) is 12.6 Å². The summed E-state index contributed by atoms with van der Waals surface area (Å²) in [6, 6.07) is 10.8. The molecular weight excluding hydrogens is 334 g/mol. The summed E-state index contributed by atoms with van der Waals surface area (Å²) in [5.74, 6) is 0.861. The number of hydrazine groups is 1. The monoisotopic (exact) mass is 355 g/mol. The molecule has 1 atom stereocenters. The van der Waals surface area contributed by atoms with Crippen LogP contribution in [0.25, 0.3) is 11.3 Å². The summed E-state index contributed by atoms with van der Waals surface area (Å²) in [5.41, 5.74) is 8.31. The van der Waals surface area contributed by atoms with E-state index in [1.165, 1.54) is 9.75 Å². The molecule has 1 aliphatic rings. The molecule has 3 aromatic rings. The molecule has 1 fully saturated rings. The molecule has 3 aromatic heterocycles. The summed E-state index contributed by atoms with van der Waals surface area (Å²) < 4.78 is 5.48. The summed E-state index contributed by atoms with van der Waals surface area (Å²) >= 11 is 1.87. The smallest absolute Gasteiger partial charge is 0.151 e. The van der Waals surface area contributed by atoms with Crippen LogP contribution in [0, 0.1) is 0 Å². The van der Waals surface area contributed by atoms with Crippen molar-refractivity contribution in [3.05, 3.63) is 58.2 Å². The maximum absolute atomic E-state index is 5.48. The van der Waals surface area contributed by atoms with Crippen molar-refractivity contribution < 1.29 is 4.52 Å².